The highest BCUT2D eigenvalue weighted by atomic mass is 16.3. The van der Waals surface area contributed by atoms with Crippen LogP contribution in [0.3, 0.4) is 0 Å². The summed E-state index contributed by atoms with van der Waals surface area (Å²) in [5.41, 5.74) is 0.795. The quantitative estimate of drug-likeness (QED) is 0.194. The Kier molecular flexibility index (Phi) is 17.6. The third-order valence-corrected chi connectivity index (χ3v) is 6.32. The fourth-order valence-electron chi connectivity index (χ4n) is 4.15. The third kappa shape index (κ3) is 12.9. The van der Waals surface area contributed by atoms with E-state index in [2.05, 4.69) is 17.2 Å². The third-order valence-electron chi connectivity index (χ3n) is 6.32. The minimum atomic E-state index is -1.07. The molecule has 188 valence electrons. The Hall–Kier alpha value is -1.02. The molecule has 0 aliphatic heterocycles. The first-order valence-corrected chi connectivity index (χ1v) is 13.1. The number of aromatic nitrogens is 3. The summed E-state index contributed by atoms with van der Waals surface area (Å²) in [6.07, 6.45) is 18.8. The lowest BCUT2D eigenvalue weighted by Gasteiger charge is -2.25. The summed E-state index contributed by atoms with van der Waals surface area (Å²) in [5, 5.41) is 47.7. The SMILES string of the molecule is CCCCCCCCCCCCCC[C@@H](O)[C@@H](O)[C@H](CO)n1cc(CCCCCO)nn1. The molecular weight excluding hydrogens is 406 g/mol. The molecule has 1 heterocycles. The van der Waals surface area contributed by atoms with Crippen molar-refractivity contribution in [1.82, 2.24) is 15.0 Å². The molecule has 3 atom stereocenters. The fourth-order valence-corrected chi connectivity index (χ4v) is 4.15. The van der Waals surface area contributed by atoms with Crippen LogP contribution < -0.4 is 0 Å². The second kappa shape index (κ2) is 19.4. The van der Waals surface area contributed by atoms with Crippen molar-refractivity contribution in [2.75, 3.05) is 13.2 Å². The Morgan fingerprint density at radius 2 is 1.34 bits per heavy atom. The molecule has 0 saturated heterocycles. The van der Waals surface area contributed by atoms with Crippen molar-refractivity contribution in [2.24, 2.45) is 0 Å². The Labute approximate surface area is 195 Å². The molecule has 4 N–H and O–H groups in total. The Balaban J connectivity index is 2.17. The molecule has 32 heavy (non-hydrogen) atoms. The molecule has 0 bridgehead atoms. The molecule has 0 unspecified atom stereocenters. The van der Waals surface area contributed by atoms with Crippen molar-refractivity contribution in [1.29, 1.82) is 0 Å². The molecule has 1 aromatic heterocycles. The summed E-state index contributed by atoms with van der Waals surface area (Å²) in [4.78, 5) is 0. The Morgan fingerprint density at radius 1 is 0.781 bits per heavy atom. The van der Waals surface area contributed by atoms with Gasteiger partial charge in [0, 0.05) is 12.8 Å². The summed E-state index contributed by atoms with van der Waals surface area (Å²) in [6, 6.07) is -0.694. The van der Waals surface area contributed by atoms with Crippen molar-refractivity contribution < 1.29 is 20.4 Å². The van der Waals surface area contributed by atoms with E-state index in [1.807, 2.05) is 0 Å². The topological polar surface area (TPSA) is 112 Å². The summed E-state index contributed by atoms with van der Waals surface area (Å²) in [7, 11) is 0. The molecule has 7 nitrogen and oxygen atoms in total. The van der Waals surface area contributed by atoms with E-state index in [1.165, 1.54) is 68.9 Å². The van der Waals surface area contributed by atoms with Gasteiger partial charge in [0.05, 0.1) is 18.4 Å². The summed E-state index contributed by atoms with van der Waals surface area (Å²) in [5.74, 6) is 0. The minimum Gasteiger partial charge on any atom is -0.396 e. The van der Waals surface area contributed by atoms with E-state index in [4.69, 9.17) is 5.11 Å². The molecule has 0 aliphatic carbocycles. The maximum absolute atomic E-state index is 10.5. The first-order valence-electron chi connectivity index (χ1n) is 13.1. The highest BCUT2D eigenvalue weighted by molar-refractivity contribution is 4.95. The molecule has 0 radical (unpaired) electrons. The second-order valence-electron chi connectivity index (χ2n) is 9.21. The molecule has 0 aliphatic rings. The Morgan fingerprint density at radius 3 is 1.91 bits per heavy atom. The summed E-state index contributed by atoms with van der Waals surface area (Å²) < 4.78 is 1.47. The van der Waals surface area contributed by atoms with Crippen molar-refractivity contribution in [3.8, 4) is 0 Å². The number of aliphatic hydroxyl groups excluding tert-OH is 4. The van der Waals surface area contributed by atoms with Crippen LogP contribution in [0.15, 0.2) is 6.20 Å². The maximum Gasteiger partial charge on any atom is 0.105 e. The number of aliphatic hydroxyl groups is 4. The van der Waals surface area contributed by atoms with Crippen LogP contribution in [0.1, 0.15) is 121 Å². The number of hydrogen-bond acceptors (Lipinski definition) is 6. The highest BCUT2D eigenvalue weighted by Gasteiger charge is 2.28. The number of aryl methyl sites for hydroxylation is 1. The van der Waals surface area contributed by atoms with Crippen molar-refractivity contribution in [3.63, 3.8) is 0 Å². The van der Waals surface area contributed by atoms with Gasteiger partial charge < -0.3 is 20.4 Å². The zero-order valence-electron chi connectivity index (χ0n) is 20.4. The Bertz CT molecular complexity index is 541. The fraction of sp³-hybridized carbons (Fsp3) is 0.920. The van der Waals surface area contributed by atoms with Crippen molar-refractivity contribution in [3.05, 3.63) is 11.9 Å². The van der Waals surface area contributed by atoms with E-state index in [-0.39, 0.29) is 13.2 Å². The predicted octanol–water partition coefficient (Wildman–Crippen LogP) is 4.33. The molecule has 0 saturated carbocycles. The molecule has 0 fully saturated rings. The van der Waals surface area contributed by atoms with Crippen LogP contribution in [0.5, 0.6) is 0 Å². The highest BCUT2D eigenvalue weighted by Crippen LogP contribution is 2.19. The van der Waals surface area contributed by atoms with E-state index in [1.54, 1.807) is 6.20 Å². The van der Waals surface area contributed by atoms with Gasteiger partial charge >= 0.3 is 0 Å². The van der Waals surface area contributed by atoms with E-state index < -0.39 is 18.2 Å². The van der Waals surface area contributed by atoms with Crippen LogP contribution in [0, 0.1) is 0 Å². The molecular formula is C25H49N3O4. The minimum absolute atomic E-state index is 0.197. The standard InChI is InChI=1S/C25H49N3O4/c1-2-3-4-5-6-7-8-9-10-11-12-15-18-24(31)25(32)23(21-30)28-20-22(26-27-28)17-14-13-16-19-29/h20,23-25,29-32H,2-19,21H2,1H3/t23-,24+,25-/m0/s1. The lowest BCUT2D eigenvalue weighted by Crippen LogP contribution is -2.37. The van der Waals surface area contributed by atoms with Gasteiger partial charge in [-0.1, -0.05) is 95.6 Å². The zero-order valence-corrected chi connectivity index (χ0v) is 20.4. The van der Waals surface area contributed by atoms with Crippen LogP contribution in [0.25, 0.3) is 0 Å². The second-order valence-corrected chi connectivity index (χ2v) is 9.21. The number of unbranched alkanes of at least 4 members (excludes halogenated alkanes) is 13. The van der Waals surface area contributed by atoms with Crippen molar-refractivity contribution in [2.45, 2.75) is 134 Å². The molecule has 0 spiro atoms. The van der Waals surface area contributed by atoms with Gasteiger partial charge in [-0.05, 0) is 25.7 Å². The normalized spacial score (nSPS) is 14.5. The van der Waals surface area contributed by atoms with Crippen LogP contribution in [-0.2, 0) is 6.42 Å². The summed E-state index contributed by atoms with van der Waals surface area (Å²) >= 11 is 0. The van der Waals surface area contributed by atoms with Crippen LogP contribution in [0.4, 0.5) is 0 Å². The van der Waals surface area contributed by atoms with E-state index in [0.29, 0.717) is 6.42 Å². The lowest BCUT2D eigenvalue weighted by atomic mass is 9.99. The maximum atomic E-state index is 10.5. The van der Waals surface area contributed by atoms with Gasteiger partial charge in [0.2, 0.25) is 0 Å². The van der Waals surface area contributed by atoms with Crippen LogP contribution >= 0.6 is 0 Å². The van der Waals surface area contributed by atoms with Crippen LogP contribution in [0.2, 0.25) is 0 Å². The molecule has 7 heteroatoms. The number of rotatable bonds is 22. The van der Waals surface area contributed by atoms with E-state index in [9.17, 15) is 15.3 Å². The molecule has 1 rings (SSSR count). The summed E-state index contributed by atoms with van der Waals surface area (Å²) in [6.45, 7) is 2.15. The zero-order chi connectivity index (χ0) is 23.4. The van der Waals surface area contributed by atoms with Gasteiger partial charge in [-0.3, -0.25) is 0 Å². The predicted molar refractivity (Wildman–Crippen MR) is 128 cm³/mol. The average molecular weight is 456 g/mol. The average Bonchev–Trinajstić information content (AvgIpc) is 3.26. The first kappa shape index (κ1) is 29.0. The van der Waals surface area contributed by atoms with Crippen LogP contribution in [-0.4, -0.2) is 60.8 Å². The smallest absolute Gasteiger partial charge is 0.105 e. The van der Waals surface area contributed by atoms with E-state index in [0.717, 1.165) is 44.2 Å². The van der Waals surface area contributed by atoms with Gasteiger partial charge in [0.1, 0.15) is 12.1 Å². The van der Waals surface area contributed by atoms with E-state index >= 15 is 0 Å². The first-order chi connectivity index (χ1) is 15.6. The number of nitrogens with zero attached hydrogens (tertiary/aromatic N) is 3. The van der Waals surface area contributed by atoms with Gasteiger partial charge in [-0.25, -0.2) is 4.68 Å². The lowest BCUT2D eigenvalue weighted by molar-refractivity contribution is -0.0350. The largest absolute Gasteiger partial charge is 0.396 e. The van der Waals surface area contributed by atoms with Gasteiger partial charge in [-0.2, -0.15) is 0 Å². The molecule has 0 aromatic carbocycles. The monoisotopic (exact) mass is 455 g/mol. The molecule has 0 amide bonds. The van der Waals surface area contributed by atoms with Gasteiger partial charge in [0.25, 0.3) is 0 Å². The number of hydrogen-bond donors (Lipinski definition) is 4. The van der Waals surface area contributed by atoms with Gasteiger partial charge in [-0.15, -0.1) is 5.10 Å². The molecule has 1 aromatic rings. The van der Waals surface area contributed by atoms with Crippen molar-refractivity contribution >= 4 is 0 Å². The van der Waals surface area contributed by atoms with Gasteiger partial charge in [0.15, 0.2) is 0 Å².